The standard InChI is InChI=1S/C12H28N2/c1-7-9-11(13-10(3)8-2)14-12(4,5)6/h10-11,13-14H,7-9H2,1-6H3. The number of hydrogen-bond acceptors (Lipinski definition) is 2. The van der Waals surface area contributed by atoms with Crippen LogP contribution in [-0.4, -0.2) is 17.7 Å². The maximum atomic E-state index is 3.61. The van der Waals surface area contributed by atoms with E-state index >= 15 is 0 Å². The van der Waals surface area contributed by atoms with E-state index in [1.807, 2.05) is 0 Å². The molecule has 0 saturated heterocycles. The predicted octanol–water partition coefficient (Wildman–Crippen LogP) is 2.89. The summed E-state index contributed by atoms with van der Waals surface area (Å²) in [5, 5.41) is 7.22. The molecule has 0 aliphatic rings. The number of hydrogen-bond donors (Lipinski definition) is 2. The van der Waals surface area contributed by atoms with Gasteiger partial charge in [-0.15, -0.1) is 0 Å². The fourth-order valence-corrected chi connectivity index (χ4v) is 1.47. The van der Waals surface area contributed by atoms with E-state index in [9.17, 15) is 0 Å². The van der Waals surface area contributed by atoms with E-state index in [0.717, 1.165) is 0 Å². The van der Waals surface area contributed by atoms with E-state index in [1.165, 1.54) is 19.3 Å². The van der Waals surface area contributed by atoms with Crippen LogP contribution in [0.25, 0.3) is 0 Å². The lowest BCUT2D eigenvalue weighted by atomic mass is 10.1. The van der Waals surface area contributed by atoms with Gasteiger partial charge in [0.1, 0.15) is 0 Å². The van der Waals surface area contributed by atoms with Crippen molar-refractivity contribution in [2.24, 2.45) is 0 Å². The Morgan fingerprint density at radius 2 is 1.71 bits per heavy atom. The first kappa shape index (κ1) is 13.9. The zero-order chi connectivity index (χ0) is 11.2. The van der Waals surface area contributed by atoms with Crippen molar-refractivity contribution >= 4 is 0 Å². The smallest absolute Gasteiger partial charge is 0.0577 e. The van der Waals surface area contributed by atoms with Gasteiger partial charge in [-0.25, -0.2) is 0 Å². The molecule has 0 heterocycles. The molecule has 2 nitrogen and oxygen atoms in total. The Kier molecular flexibility index (Phi) is 6.38. The molecule has 86 valence electrons. The van der Waals surface area contributed by atoms with Crippen LogP contribution in [0.3, 0.4) is 0 Å². The summed E-state index contributed by atoms with van der Waals surface area (Å²) in [6.07, 6.45) is 4.06. The molecule has 0 rings (SSSR count). The molecule has 0 amide bonds. The van der Waals surface area contributed by atoms with Crippen LogP contribution in [0.2, 0.25) is 0 Å². The summed E-state index contributed by atoms with van der Waals surface area (Å²) in [7, 11) is 0. The van der Waals surface area contributed by atoms with Gasteiger partial charge in [-0.1, -0.05) is 20.3 Å². The first-order chi connectivity index (χ1) is 6.39. The number of nitrogens with one attached hydrogen (secondary N) is 2. The zero-order valence-corrected chi connectivity index (χ0v) is 10.8. The molecular weight excluding hydrogens is 172 g/mol. The van der Waals surface area contributed by atoms with Crippen molar-refractivity contribution < 1.29 is 0 Å². The monoisotopic (exact) mass is 200 g/mol. The van der Waals surface area contributed by atoms with Crippen molar-refractivity contribution in [3.63, 3.8) is 0 Å². The molecule has 0 aromatic rings. The SMILES string of the molecule is CCCC(NC(C)CC)NC(C)(C)C. The molecule has 14 heavy (non-hydrogen) atoms. The number of rotatable bonds is 6. The van der Waals surface area contributed by atoms with Crippen LogP contribution in [0.5, 0.6) is 0 Å². The van der Waals surface area contributed by atoms with E-state index < -0.39 is 0 Å². The molecular formula is C12H28N2. The molecule has 2 heteroatoms. The summed E-state index contributed by atoms with van der Waals surface area (Å²) >= 11 is 0. The van der Waals surface area contributed by atoms with Crippen LogP contribution >= 0.6 is 0 Å². The average Bonchev–Trinajstić information content (AvgIpc) is 2.01. The van der Waals surface area contributed by atoms with E-state index in [4.69, 9.17) is 0 Å². The third kappa shape index (κ3) is 7.34. The second-order valence-corrected chi connectivity index (χ2v) is 5.21. The minimum Gasteiger partial charge on any atom is -0.299 e. The average molecular weight is 200 g/mol. The third-order valence-corrected chi connectivity index (χ3v) is 2.28. The molecule has 0 aliphatic heterocycles. The second kappa shape index (κ2) is 6.41. The van der Waals surface area contributed by atoms with Gasteiger partial charge in [-0.05, 0) is 40.5 Å². The molecule has 0 aliphatic carbocycles. The van der Waals surface area contributed by atoms with E-state index in [-0.39, 0.29) is 5.54 Å². The Bertz CT molecular complexity index is 138. The molecule has 2 atom stereocenters. The Morgan fingerprint density at radius 3 is 2.07 bits per heavy atom. The molecule has 0 bridgehead atoms. The van der Waals surface area contributed by atoms with Crippen molar-refractivity contribution in [3.05, 3.63) is 0 Å². The molecule has 0 saturated carbocycles. The van der Waals surface area contributed by atoms with E-state index in [2.05, 4.69) is 52.2 Å². The normalized spacial score (nSPS) is 16.7. The highest BCUT2D eigenvalue weighted by molar-refractivity contribution is 4.77. The predicted molar refractivity (Wildman–Crippen MR) is 64.5 cm³/mol. The quantitative estimate of drug-likeness (QED) is 0.644. The largest absolute Gasteiger partial charge is 0.299 e. The summed E-state index contributed by atoms with van der Waals surface area (Å²) in [6, 6.07) is 0.599. The summed E-state index contributed by atoms with van der Waals surface area (Å²) in [5.41, 5.74) is 0.195. The lowest BCUT2D eigenvalue weighted by Gasteiger charge is -2.31. The zero-order valence-electron chi connectivity index (χ0n) is 10.8. The first-order valence-electron chi connectivity index (χ1n) is 5.92. The molecule has 0 radical (unpaired) electrons. The van der Waals surface area contributed by atoms with Gasteiger partial charge in [0.05, 0.1) is 6.17 Å². The van der Waals surface area contributed by atoms with Gasteiger partial charge in [0.15, 0.2) is 0 Å². The van der Waals surface area contributed by atoms with E-state index in [0.29, 0.717) is 12.2 Å². The fraction of sp³-hybridized carbons (Fsp3) is 1.00. The highest BCUT2D eigenvalue weighted by atomic mass is 15.2. The maximum absolute atomic E-state index is 3.61. The van der Waals surface area contributed by atoms with Crippen LogP contribution in [0.1, 0.15) is 60.8 Å². The van der Waals surface area contributed by atoms with Crippen molar-refractivity contribution in [2.45, 2.75) is 78.6 Å². The first-order valence-corrected chi connectivity index (χ1v) is 5.92. The minimum absolute atomic E-state index is 0.195. The summed E-state index contributed by atoms with van der Waals surface area (Å²) in [5.74, 6) is 0. The van der Waals surface area contributed by atoms with Crippen molar-refractivity contribution in [1.82, 2.24) is 10.6 Å². The molecule has 2 N–H and O–H groups in total. The Balaban J connectivity index is 4.01. The Morgan fingerprint density at radius 1 is 1.14 bits per heavy atom. The lowest BCUT2D eigenvalue weighted by Crippen LogP contribution is -2.53. The molecule has 0 fully saturated rings. The summed E-state index contributed by atoms with van der Waals surface area (Å²) in [4.78, 5) is 0. The van der Waals surface area contributed by atoms with Gasteiger partial charge in [-0.3, -0.25) is 10.6 Å². The molecule has 0 aromatic carbocycles. The van der Waals surface area contributed by atoms with Crippen molar-refractivity contribution in [3.8, 4) is 0 Å². The Labute approximate surface area is 89.9 Å². The van der Waals surface area contributed by atoms with Gasteiger partial charge >= 0.3 is 0 Å². The van der Waals surface area contributed by atoms with E-state index in [1.54, 1.807) is 0 Å². The van der Waals surface area contributed by atoms with Crippen LogP contribution in [0, 0.1) is 0 Å². The summed E-state index contributed by atoms with van der Waals surface area (Å²) in [6.45, 7) is 13.3. The third-order valence-electron chi connectivity index (χ3n) is 2.28. The molecule has 2 unspecified atom stereocenters. The maximum Gasteiger partial charge on any atom is 0.0577 e. The highest BCUT2D eigenvalue weighted by Crippen LogP contribution is 2.05. The van der Waals surface area contributed by atoms with Gasteiger partial charge < -0.3 is 0 Å². The highest BCUT2D eigenvalue weighted by Gasteiger charge is 2.17. The summed E-state index contributed by atoms with van der Waals surface area (Å²) < 4.78 is 0. The van der Waals surface area contributed by atoms with Crippen LogP contribution in [0.15, 0.2) is 0 Å². The van der Waals surface area contributed by atoms with Crippen molar-refractivity contribution in [2.75, 3.05) is 0 Å². The van der Waals surface area contributed by atoms with Gasteiger partial charge in [-0.2, -0.15) is 0 Å². The van der Waals surface area contributed by atoms with Crippen LogP contribution < -0.4 is 10.6 Å². The lowest BCUT2D eigenvalue weighted by molar-refractivity contribution is 0.281. The minimum atomic E-state index is 0.195. The van der Waals surface area contributed by atoms with Crippen LogP contribution in [-0.2, 0) is 0 Å². The van der Waals surface area contributed by atoms with Gasteiger partial charge in [0.25, 0.3) is 0 Å². The Hall–Kier alpha value is -0.0800. The van der Waals surface area contributed by atoms with Gasteiger partial charge in [0.2, 0.25) is 0 Å². The topological polar surface area (TPSA) is 24.1 Å². The van der Waals surface area contributed by atoms with Crippen molar-refractivity contribution in [1.29, 1.82) is 0 Å². The van der Waals surface area contributed by atoms with Crippen LogP contribution in [0.4, 0.5) is 0 Å². The fourth-order valence-electron chi connectivity index (χ4n) is 1.47. The molecule has 0 aromatic heterocycles. The second-order valence-electron chi connectivity index (χ2n) is 5.21. The molecule has 0 spiro atoms. The van der Waals surface area contributed by atoms with Gasteiger partial charge in [0, 0.05) is 11.6 Å².